The molecule has 0 N–H and O–H groups in total. The molecule has 4 aromatic heterocycles. The second kappa shape index (κ2) is 8.41. The number of fused-ring (bicyclic) bond motifs is 11. The first-order valence-electron chi connectivity index (χ1n) is 14.7. The first-order chi connectivity index (χ1) is 21.8. The maximum atomic E-state index is 9.73. The number of aromatic nitrogens is 4. The Balaban J connectivity index is 1.47. The van der Waals surface area contributed by atoms with E-state index in [1.54, 1.807) is 0 Å². The van der Waals surface area contributed by atoms with Gasteiger partial charge in [-0.1, -0.05) is 78.9 Å². The van der Waals surface area contributed by atoms with Gasteiger partial charge in [0.1, 0.15) is 5.69 Å². The van der Waals surface area contributed by atoms with Gasteiger partial charge in [0.15, 0.2) is 5.82 Å². The van der Waals surface area contributed by atoms with Crippen LogP contribution < -0.4 is 0 Å². The van der Waals surface area contributed by atoms with Crippen molar-refractivity contribution in [2.75, 3.05) is 0 Å². The molecule has 202 valence electrons. The number of hydrogen-bond donors (Lipinski definition) is 0. The van der Waals surface area contributed by atoms with Gasteiger partial charge in [-0.05, 0) is 48.5 Å². The smallest absolute Gasteiger partial charge is 0.165 e. The lowest BCUT2D eigenvalue weighted by Gasteiger charge is -2.14. The van der Waals surface area contributed by atoms with Crippen molar-refractivity contribution >= 4 is 70.9 Å². The Morgan fingerprint density at radius 1 is 0.523 bits per heavy atom. The summed E-state index contributed by atoms with van der Waals surface area (Å²) in [6.45, 7) is 0. The maximum absolute atomic E-state index is 9.73. The quantitative estimate of drug-likeness (QED) is 0.212. The molecule has 0 bridgehead atoms. The summed E-state index contributed by atoms with van der Waals surface area (Å²) in [6.07, 6.45) is 0. The lowest BCUT2D eigenvalue weighted by Crippen LogP contribution is -2.03. The van der Waals surface area contributed by atoms with Gasteiger partial charge in [0, 0.05) is 37.9 Å². The molecular formula is C39H21N5. The summed E-state index contributed by atoms with van der Waals surface area (Å²) in [5.41, 5.74) is 9.62. The monoisotopic (exact) mass is 559 g/mol. The second-order valence-electron chi connectivity index (χ2n) is 11.3. The Labute approximate surface area is 250 Å². The van der Waals surface area contributed by atoms with E-state index >= 15 is 0 Å². The first-order valence-corrected chi connectivity index (χ1v) is 14.7. The Morgan fingerprint density at radius 2 is 1.16 bits per heavy atom. The van der Waals surface area contributed by atoms with E-state index in [2.05, 4.69) is 93.9 Å². The number of nitriles is 1. The third-order valence-electron chi connectivity index (χ3n) is 9.04. The molecule has 5 heteroatoms. The molecule has 0 fully saturated rings. The SMILES string of the molecule is N#Cc1cccc(-c2nc3ccccc3nc2-n2c3ccccc3c3c4c5ccccc5n5c6ccccc6c(cc32)c45)c1. The maximum Gasteiger partial charge on any atom is 0.165 e. The predicted molar refractivity (Wildman–Crippen MR) is 179 cm³/mol. The molecule has 0 saturated carbocycles. The van der Waals surface area contributed by atoms with Crippen molar-refractivity contribution in [1.82, 2.24) is 18.9 Å². The molecule has 44 heavy (non-hydrogen) atoms. The average Bonchev–Trinajstić information content (AvgIpc) is 3.72. The number of rotatable bonds is 2. The summed E-state index contributed by atoms with van der Waals surface area (Å²) in [5.74, 6) is 0.742. The van der Waals surface area contributed by atoms with E-state index in [0.29, 0.717) is 5.56 Å². The van der Waals surface area contributed by atoms with Crippen LogP contribution in [0.3, 0.4) is 0 Å². The Morgan fingerprint density at radius 3 is 1.93 bits per heavy atom. The molecule has 0 amide bonds. The standard InChI is InChI=1S/C39H21N5/c40-22-23-10-9-11-24(20-23)37-39(42-30-16-5-4-15-29(30)41-37)44-33-19-8-2-13-26(33)35-34(44)21-28-25-12-1-6-17-31(25)43-32-18-7-3-14-27(32)36(35)38(28)43/h1-21H. The van der Waals surface area contributed by atoms with Gasteiger partial charge in [-0.3, -0.25) is 4.57 Å². The summed E-state index contributed by atoms with van der Waals surface area (Å²) in [5, 5.41) is 17.0. The van der Waals surface area contributed by atoms with Crippen LogP contribution in [0, 0.1) is 11.3 Å². The van der Waals surface area contributed by atoms with Crippen LogP contribution in [0.2, 0.25) is 0 Å². The van der Waals surface area contributed by atoms with Gasteiger partial charge in [0.05, 0.1) is 50.2 Å². The minimum Gasteiger partial charge on any atom is -0.308 e. The fourth-order valence-corrected chi connectivity index (χ4v) is 7.27. The van der Waals surface area contributed by atoms with E-state index in [9.17, 15) is 5.26 Å². The fraction of sp³-hybridized carbons (Fsp3) is 0. The molecule has 0 atom stereocenters. The van der Waals surface area contributed by atoms with Gasteiger partial charge >= 0.3 is 0 Å². The highest BCUT2D eigenvalue weighted by molar-refractivity contribution is 6.35. The third kappa shape index (κ3) is 2.91. The number of benzene rings is 6. The highest BCUT2D eigenvalue weighted by Crippen LogP contribution is 2.47. The van der Waals surface area contributed by atoms with Crippen LogP contribution >= 0.6 is 0 Å². The van der Waals surface area contributed by atoms with Crippen molar-refractivity contribution in [1.29, 1.82) is 5.26 Å². The van der Waals surface area contributed by atoms with Crippen molar-refractivity contribution in [3.63, 3.8) is 0 Å². The highest BCUT2D eigenvalue weighted by Gasteiger charge is 2.25. The lowest BCUT2D eigenvalue weighted by atomic mass is 10.0. The highest BCUT2D eigenvalue weighted by atomic mass is 15.1. The van der Waals surface area contributed by atoms with Crippen molar-refractivity contribution in [3.05, 3.63) is 133 Å². The van der Waals surface area contributed by atoms with Crippen LogP contribution in [0.5, 0.6) is 0 Å². The van der Waals surface area contributed by atoms with Crippen LogP contribution in [0.4, 0.5) is 0 Å². The number of hydrogen-bond acceptors (Lipinski definition) is 3. The van der Waals surface area contributed by atoms with Crippen molar-refractivity contribution in [2.24, 2.45) is 0 Å². The van der Waals surface area contributed by atoms with Gasteiger partial charge < -0.3 is 4.40 Å². The van der Waals surface area contributed by atoms with Crippen molar-refractivity contribution < 1.29 is 0 Å². The van der Waals surface area contributed by atoms with Crippen LogP contribution in [0.25, 0.3) is 88.0 Å². The van der Waals surface area contributed by atoms with Crippen LogP contribution in [-0.2, 0) is 0 Å². The zero-order valence-electron chi connectivity index (χ0n) is 23.4. The third-order valence-corrected chi connectivity index (χ3v) is 9.04. The van der Waals surface area contributed by atoms with Gasteiger partial charge in [-0.2, -0.15) is 5.26 Å². The Bertz CT molecular complexity index is 2850. The minimum atomic E-state index is 0.588. The second-order valence-corrected chi connectivity index (χ2v) is 11.3. The predicted octanol–water partition coefficient (Wildman–Crippen LogP) is 9.42. The van der Waals surface area contributed by atoms with Crippen LogP contribution in [0.1, 0.15) is 5.56 Å². The number of para-hydroxylation sites is 5. The molecule has 0 saturated heterocycles. The van der Waals surface area contributed by atoms with E-state index in [1.807, 2.05) is 48.5 Å². The topological polar surface area (TPSA) is 58.9 Å². The first kappa shape index (κ1) is 23.3. The van der Waals surface area contributed by atoms with Crippen molar-refractivity contribution in [2.45, 2.75) is 0 Å². The average molecular weight is 560 g/mol. The molecule has 10 aromatic rings. The fourth-order valence-electron chi connectivity index (χ4n) is 7.27. The van der Waals surface area contributed by atoms with Gasteiger partial charge in [-0.15, -0.1) is 0 Å². The van der Waals surface area contributed by atoms with Gasteiger partial charge in [0.2, 0.25) is 0 Å². The molecule has 0 unspecified atom stereocenters. The van der Waals surface area contributed by atoms with E-state index in [0.717, 1.165) is 39.1 Å². The van der Waals surface area contributed by atoms with E-state index in [1.165, 1.54) is 48.9 Å². The zero-order chi connectivity index (χ0) is 28.9. The normalized spacial score (nSPS) is 12.1. The summed E-state index contributed by atoms with van der Waals surface area (Å²) < 4.78 is 4.71. The Kier molecular flexibility index (Phi) is 4.46. The molecule has 0 aliphatic heterocycles. The van der Waals surface area contributed by atoms with Gasteiger partial charge in [-0.25, -0.2) is 9.97 Å². The molecule has 4 heterocycles. The molecule has 0 aliphatic rings. The molecule has 5 nitrogen and oxygen atoms in total. The summed E-state index contributed by atoms with van der Waals surface area (Å²) in [4.78, 5) is 10.5. The molecule has 0 spiro atoms. The van der Waals surface area contributed by atoms with E-state index in [4.69, 9.17) is 9.97 Å². The van der Waals surface area contributed by atoms with E-state index in [-0.39, 0.29) is 0 Å². The number of nitrogens with zero attached hydrogens (tertiary/aromatic N) is 5. The largest absolute Gasteiger partial charge is 0.308 e. The molecule has 10 rings (SSSR count). The minimum absolute atomic E-state index is 0.588. The summed E-state index contributed by atoms with van der Waals surface area (Å²) >= 11 is 0. The van der Waals surface area contributed by atoms with Crippen molar-refractivity contribution in [3.8, 4) is 23.1 Å². The Hall–Kier alpha value is -6.25. The zero-order valence-corrected chi connectivity index (χ0v) is 23.4. The molecular weight excluding hydrogens is 538 g/mol. The van der Waals surface area contributed by atoms with Crippen LogP contribution in [0.15, 0.2) is 127 Å². The molecule has 6 aromatic carbocycles. The molecule has 0 aliphatic carbocycles. The lowest BCUT2D eigenvalue weighted by molar-refractivity contribution is 1.08. The molecule has 0 radical (unpaired) electrons. The van der Waals surface area contributed by atoms with Crippen LogP contribution in [-0.4, -0.2) is 18.9 Å². The van der Waals surface area contributed by atoms with Gasteiger partial charge in [0.25, 0.3) is 0 Å². The summed E-state index contributed by atoms with van der Waals surface area (Å²) in [6, 6.07) is 46.3. The summed E-state index contributed by atoms with van der Waals surface area (Å²) in [7, 11) is 0. The van der Waals surface area contributed by atoms with E-state index < -0.39 is 0 Å².